The van der Waals surface area contributed by atoms with E-state index in [4.69, 9.17) is 27.2 Å². The van der Waals surface area contributed by atoms with Gasteiger partial charge in [0.15, 0.2) is 5.58 Å². The van der Waals surface area contributed by atoms with Gasteiger partial charge in [-0.25, -0.2) is 4.79 Å². The van der Waals surface area contributed by atoms with Gasteiger partial charge in [-0.2, -0.15) is 9.78 Å². The number of methoxy groups -OCH3 is 1. The van der Waals surface area contributed by atoms with Crippen molar-refractivity contribution in [3.63, 3.8) is 0 Å². The number of hydrogen-bond donors (Lipinski definition) is 0. The van der Waals surface area contributed by atoms with Crippen LogP contribution in [0.15, 0.2) is 63.8 Å². The number of terminal acetylenes is 1. The number of rotatable bonds is 5. The fourth-order valence-corrected chi connectivity index (χ4v) is 3.52. The van der Waals surface area contributed by atoms with Crippen LogP contribution in [-0.4, -0.2) is 36.5 Å². The minimum Gasteiger partial charge on any atom is -0.465 e. The van der Waals surface area contributed by atoms with Crippen LogP contribution in [-0.2, 0) is 4.74 Å². The van der Waals surface area contributed by atoms with Crippen LogP contribution in [0.1, 0.15) is 10.4 Å². The third-order valence-electron chi connectivity index (χ3n) is 4.89. The van der Waals surface area contributed by atoms with Crippen molar-refractivity contribution in [2.75, 3.05) is 25.6 Å². The van der Waals surface area contributed by atoms with Gasteiger partial charge in [-0.1, -0.05) is 47.9 Å². The maximum atomic E-state index is 13.6. The fraction of sp³-hybridized carbons (Fsp3) is 0.125. The predicted octanol–water partition coefficient (Wildman–Crippen LogP) is 4.16. The van der Waals surface area contributed by atoms with Gasteiger partial charge in [0.25, 0.3) is 5.56 Å². The molecule has 2 aromatic heterocycles. The zero-order valence-electron chi connectivity index (χ0n) is 17.3. The van der Waals surface area contributed by atoms with Crippen molar-refractivity contribution in [2.24, 2.45) is 0 Å². The lowest BCUT2D eigenvalue weighted by molar-refractivity contribution is 0.0602. The molecule has 0 saturated carbocycles. The molecule has 4 aromatic rings. The summed E-state index contributed by atoms with van der Waals surface area (Å²) in [6.07, 6.45) is 5.44. The highest BCUT2D eigenvalue weighted by atomic mass is 35.5. The molecule has 0 bridgehead atoms. The van der Waals surface area contributed by atoms with Crippen LogP contribution in [0.5, 0.6) is 0 Å². The average molecular weight is 448 g/mol. The minimum atomic E-state index is -0.715. The highest BCUT2D eigenvalue weighted by Crippen LogP contribution is 2.36. The molecule has 0 atom stereocenters. The van der Waals surface area contributed by atoms with Gasteiger partial charge in [-0.3, -0.25) is 4.79 Å². The first-order valence-electron chi connectivity index (χ1n) is 9.60. The lowest BCUT2D eigenvalue weighted by Crippen LogP contribution is -2.24. The van der Waals surface area contributed by atoms with Crippen molar-refractivity contribution in [1.29, 1.82) is 0 Å². The zero-order chi connectivity index (χ0) is 22.8. The Balaban J connectivity index is 2.15. The average Bonchev–Trinajstić information content (AvgIpc) is 3.22. The topological polar surface area (TPSA) is 77.6 Å². The summed E-state index contributed by atoms with van der Waals surface area (Å²) in [6.45, 7) is 0.156. The molecule has 8 heteroatoms. The summed E-state index contributed by atoms with van der Waals surface area (Å²) in [5, 5.41) is 5.14. The summed E-state index contributed by atoms with van der Waals surface area (Å²) in [5.41, 5.74) is 1.20. The second-order valence-corrected chi connectivity index (χ2v) is 7.38. The Morgan fingerprint density at radius 3 is 2.53 bits per heavy atom. The number of benzene rings is 2. The van der Waals surface area contributed by atoms with E-state index in [1.54, 1.807) is 36.2 Å². The Labute approximate surface area is 188 Å². The van der Waals surface area contributed by atoms with Crippen LogP contribution in [0.2, 0.25) is 5.02 Å². The summed E-state index contributed by atoms with van der Waals surface area (Å²) >= 11 is 6.01. The number of hydrogen-bond acceptors (Lipinski definition) is 6. The molecule has 0 amide bonds. The molecule has 0 N–H and O–H groups in total. The Hall–Kier alpha value is -4.02. The monoisotopic (exact) mass is 447 g/mol. The van der Waals surface area contributed by atoms with E-state index in [1.807, 2.05) is 30.3 Å². The van der Waals surface area contributed by atoms with Crippen molar-refractivity contribution in [1.82, 2.24) is 9.78 Å². The maximum absolute atomic E-state index is 13.6. The third-order valence-corrected chi connectivity index (χ3v) is 5.15. The van der Waals surface area contributed by atoms with Gasteiger partial charge in [0, 0.05) is 17.6 Å². The molecule has 32 heavy (non-hydrogen) atoms. The van der Waals surface area contributed by atoms with Gasteiger partial charge >= 0.3 is 5.97 Å². The first kappa shape index (κ1) is 21.2. The van der Waals surface area contributed by atoms with Gasteiger partial charge < -0.3 is 14.1 Å². The number of ether oxygens (including phenoxy) is 1. The summed E-state index contributed by atoms with van der Waals surface area (Å²) in [5.74, 6) is 1.92. The summed E-state index contributed by atoms with van der Waals surface area (Å²) in [4.78, 5) is 27.9. The number of nitrogens with zero attached hydrogens (tertiary/aromatic N) is 3. The quantitative estimate of drug-likeness (QED) is 0.338. The van der Waals surface area contributed by atoms with E-state index < -0.39 is 11.5 Å². The molecular weight excluding hydrogens is 430 g/mol. The highest BCUT2D eigenvalue weighted by molar-refractivity contribution is 6.30. The number of furan rings is 1. The molecule has 7 nitrogen and oxygen atoms in total. The molecule has 0 spiro atoms. The number of anilines is 1. The van der Waals surface area contributed by atoms with Gasteiger partial charge in [0.1, 0.15) is 16.6 Å². The Bertz CT molecular complexity index is 1400. The molecule has 0 unspecified atom stereocenters. The van der Waals surface area contributed by atoms with Crippen molar-refractivity contribution in [3.05, 3.63) is 75.5 Å². The first-order valence-corrected chi connectivity index (χ1v) is 9.98. The molecule has 2 heterocycles. The minimum absolute atomic E-state index is 0.00690. The molecule has 0 fully saturated rings. The molecule has 0 aliphatic carbocycles. The molecular formula is C24H18ClN3O4. The standard InChI is InChI=1S/C24H18ClN3O4/c1-4-14-27(2)23-19(24(30)31-3)18-21(32-23)20(15-8-6-5-7-9-15)26-28(22(18)29)17-12-10-16(25)11-13-17/h1,5-13H,14H2,2-3H3. The number of esters is 1. The maximum Gasteiger partial charge on any atom is 0.344 e. The van der Waals surface area contributed by atoms with Crippen LogP contribution >= 0.6 is 11.6 Å². The van der Waals surface area contributed by atoms with E-state index >= 15 is 0 Å². The van der Waals surface area contributed by atoms with E-state index in [2.05, 4.69) is 11.0 Å². The Kier molecular flexibility index (Phi) is 5.71. The molecule has 0 aliphatic heterocycles. The molecule has 2 aromatic carbocycles. The normalized spacial score (nSPS) is 10.7. The Morgan fingerprint density at radius 1 is 1.22 bits per heavy atom. The van der Waals surface area contributed by atoms with Crippen molar-refractivity contribution in [2.45, 2.75) is 0 Å². The third kappa shape index (κ3) is 3.61. The van der Waals surface area contributed by atoms with Crippen molar-refractivity contribution >= 4 is 34.4 Å². The smallest absolute Gasteiger partial charge is 0.344 e. The molecule has 0 aliphatic rings. The zero-order valence-corrected chi connectivity index (χ0v) is 18.1. The Morgan fingerprint density at radius 2 is 1.91 bits per heavy atom. The van der Waals surface area contributed by atoms with Crippen LogP contribution in [0, 0.1) is 12.3 Å². The second-order valence-electron chi connectivity index (χ2n) is 6.95. The van der Waals surface area contributed by atoms with Crippen LogP contribution in [0.3, 0.4) is 0 Å². The molecule has 0 radical (unpaired) electrons. The predicted molar refractivity (Wildman–Crippen MR) is 123 cm³/mol. The van der Waals surface area contributed by atoms with Crippen LogP contribution in [0.25, 0.3) is 27.9 Å². The number of carbonyl (C=O) groups is 1. The van der Waals surface area contributed by atoms with Gasteiger partial charge in [-0.05, 0) is 24.3 Å². The molecule has 160 valence electrons. The van der Waals surface area contributed by atoms with E-state index in [9.17, 15) is 9.59 Å². The molecule has 0 saturated heterocycles. The second kappa shape index (κ2) is 8.61. The van der Waals surface area contributed by atoms with Gasteiger partial charge in [-0.15, -0.1) is 6.42 Å². The molecule has 4 rings (SSSR count). The van der Waals surface area contributed by atoms with Crippen LogP contribution < -0.4 is 10.5 Å². The first-order chi connectivity index (χ1) is 15.5. The lowest BCUT2D eigenvalue weighted by atomic mass is 10.1. The largest absolute Gasteiger partial charge is 0.465 e. The summed E-state index contributed by atoms with van der Waals surface area (Å²) in [7, 11) is 2.90. The number of halogens is 1. The van der Waals surface area contributed by atoms with Gasteiger partial charge in [0.2, 0.25) is 5.88 Å². The fourth-order valence-electron chi connectivity index (χ4n) is 3.40. The number of aromatic nitrogens is 2. The summed E-state index contributed by atoms with van der Waals surface area (Å²) in [6, 6.07) is 15.9. The number of fused-ring (bicyclic) bond motifs is 1. The van der Waals surface area contributed by atoms with Crippen molar-refractivity contribution < 1.29 is 13.9 Å². The van der Waals surface area contributed by atoms with E-state index in [-0.39, 0.29) is 29.0 Å². The van der Waals surface area contributed by atoms with E-state index in [1.165, 1.54) is 11.8 Å². The van der Waals surface area contributed by atoms with E-state index in [0.717, 1.165) is 0 Å². The highest BCUT2D eigenvalue weighted by Gasteiger charge is 2.30. The van der Waals surface area contributed by atoms with Crippen molar-refractivity contribution in [3.8, 4) is 29.3 Å². The SMILES string of the molecule is C#CCN(C)c1oc2c(-c3ccccc3)nn(-c3ccc(Cl)cc3)c(=O)c2c1C(=O)OC. The van der Waals surface area contributed by atoms with E-state index in [0.29, 0.717) is 22.0 Å². The lowest BCUT2D eigenvalue weighted by Gasteiger charge is -2.13. The number of carbonyl (C=O) groups excluding carboxylic acids is 1. The summed E-state index contributed by atoms with van der Waals surface area (Å²) < 4.78 is 12.2. The van der Waals surface area contributed by atoms with Crippen LogP contribution in [0.4, 0.5) is 5.88 Å². The van der Waals surface area contributed by atoms with Gasteiger partial charge in [0.05, 0.1) is 19.3 Å².